The van der Waals surface area contributed by atoms with Crippen LogP contribution in [0.3, 0.4) is 0 Å². The van der Waals surface area contributed by atoms with E-state index in [-0.39, 0.29) is 36.6 Å². The quantitative estimate of drug-likeness (QED) is 0.459. The zero-order chi connectivity index (χ0) is 8.72. The summed E-state index contributed by atoms with van der Waals surface area (Å²) in [6, 6.07) is 0. The second-order valence-electron chi connectivity index (χ2n) is 3.39. The van der Waals surface area contributed by atoms with Gasteiger partial charge in [-0.15, -0.1) is 0 Å². The third-order valence-corrected chi connectivity index (χ3v) is 2.64. The van der Waals surface area contributed by atoms with Crippen molar-refractivity contribution in [2.45, 2.75) is 31.2 Å². The molecule has 0 bridgehead atoms. The van der Waals surface area contributed by atoms with E-state index < -0.39 is 0 Å². The second-order valence-corrected chi connectivity index (χ2v) is 3.39. The number of aliphatic hydroxyl groups excluding tert-OH is 1. The normalized spacial score (nSPS) is 43.8. The Labute approximate surface area is 70.5 Å². The molecule has 1 heterocycles. The van der Waals surface area contributed by atoms with E-state index in [2.05, 4.69) is 4.74 Å². The van der Waals surface area contributed by atoms with Crippen molar-refractivity contribution < 1.29 is 19.4 Å². The molecule has 12 heavy (non-hydrogen) atoms. The first kappa shape index (κ1) is 8.01. The molecule has 2 fully saturated rings. The van der Waals surface area contributed by atoms with Gasteiger partial charge in [0.25, 0.3) is 0 Å². The van der Waals surface area contributed by atoms with Crippen LogP contribution in [0.5, 0.6) is 0 Å². The van der Waals surface area contributed by atoms with Gasteiger partial charge in [0.05, 0.1) is 31.8 Å². The summed E-state index contributed by atoms with van der Waals surface area (Å²) < 4.78 is 9.74. The van der Waals surface area contributed by atoms with Crippen LogP contribution in [0.1, 0.15) is 12.8 Å². The van der Waals surface area contributed by atoms with E-state index in [1.54, 1.807) is 0 Å². The molecule has 0 aromatic carbocycles. The first-order valence-electron chi connectivity index (χ1n) is 4.12. The Bertz CT molecular complexity index is 201. The van der Waals surface area contributed by atoms with Gasteiger partial charge in [-0.25, -0.2) is 0 Å². The highest BCUT2D eigenvalue weighted by Crippen LogP contribution is 2.44. The summed E-state index contributed by atoms with van der Waals surface area (Å²) in [6.45, 7) is 0. The molecule has 68 valence electrons. The molecule has 1 saturated carbocycles. The molecular weight excluding hydrogens is 160 g/mol. The molecule has 4 nitrogen and oxygen atoms in total. The Morgan fingerprint density at radius 2 is 2.50 bits per heavy atom. The molecule has 2 unspecified atom stereocenters. The van der Waals surface area contributed by atoms with Gasteiger partial charge in [-0.1, -0.05) is 0 Å². The van der Waals surface area contributed by atoms with E-state index in [9.17, 15) is 9.90 Å². The highest BCUT2D eigenvalue weighted by molar-refractivity contribution is 5.69. The van der Waals surface area contributed by atoms with Crippen LogP contribution in [0.25, 0.3) is 0 Å². The van der Waals surface area contributed by atoms with Crippen molar-refractivity contribution in [2.24, 2.45) is 5.92 Å². The number of rotatable bonds is 2. The number of carbonyl (C=O) groups excluding carboxylic acids is 1. The fourth-order valence-corrected chi connectivity index (χ4v) is 1.88. The van der Waals surface area contributed by atoms with Crippen LogP contribution in [0, 0.1) is 5.92 Å². The molecule has 1 N–H and O–H groups in total. The highest BCUT2D eigenvalue weighted by Gasteiger charge is 2.55. The summed E-state index contributed by atoms with van der Waals surface area (Å²) in [5.41, 5.74) is 0. The number of carbonyl (C=O) groups is 1. The summed E-state index contributed by atoms with van der Waals surface area (Å²) in [5, 5.41) is 9.45. The maximum atomic E-state index is 10.9. The zero-order valence-corrected chi connectivity index (χ0v) is 6.90. The number of methoxy groups -OCH3 is 1. The minimum Gasteiger partial charge on any atom is -0.469 e. The van der Waals surface area contributed by atoms with Gasteiger partial charge in [-0.2, -0.15) is 0 Å². The molecule has 2 rings (SSSR count). The van der Waals surface area contributed by atoms with E-state index in [4.69, 9.17) is 4.74 Å². The van der Waals surface area contributed by atoms with E-state index in [0.29, 0.717) is 6.42 Å². The van der Waals surface area contributed by atoms with Crippen molar-refractivity contribution in [3.63, 3.8) is 0 Å². The van der Waals surface area contributed by atoms with Gasteiger partial charge in [0, 0.05) is 12.3 Å². The number of epoxide rings is 1. The molecule has 0 spiro atoms. The number of hydrogen-bond acceptors (Lipinski definition) is 4. The minimum atomic E-state index is -0.382. The van der Waals surface area contributed by atoms with Gasteiger partial charge in [-0.05, 0) is 0 Å². The second kappa shape index (κ2) is 2.71. The Balaban J connectivity index is 1.90. The van der Waals surface area contributed by atoms with E-state index >= 15 is 0 Å². The van der Waals surface area contributed by atoms with Gasteiger partial charge in [0.1, 0.15) is 0 Å². The number of fused-ring (bicyclic) bond motifs is 1. The fraction of sp³-hybridized carbons (Fsp3) is 0.875. The molecule has 4 atom stereocenters. The Hall–Kier alpha value is -0.610. The van der Waals surface area contributed by atoms with Gasteiger partial charge in [0.2, 0.25) is 0 Å². The molecule has 1 aliphatic carbocycles. The highest BCUT2D eigenvalue weighted by atomic mass is 16.6. The molecule has 4 heteroatoms. The Morgan fingerprint density at radius 1 is 1.75 bits per heavy atom. The molecule has 1 aliphatic heterocycles. The van der Waals surface area contributed by atoms with Crippen molar-refractivity contribution in [2.75, 3.05) is 7.11 Å². The SMILES string of the molecule is COC(=O)C[C@@H]1C2OC2C[C@H]1O. The topological polar surface area (TPSA) is 59.1 Å². The predicted octanol–water partition coefficient (Wildman–Crippen LogP) is -0.302. The fourth-order valence-electron chi connectivity index (χ4n) is 1.88. The van der Waals surface area contributed by atoms with Crippen LogP contribution < -0.4 is 0 Å². The van der Waals surface area contributed by atoms with Crippen LogP contribution in [-0.4, -0.2) is 36.5 Å². The summed E-state index contributed by atoms with van der Waals surface area (Å²) >= 11 is 0. The number of hydrogen-bond donors (Lipinski definition) is 1. The van der Waals surface area contributed by atoms with E-state index in [1.807, 2.05) is 0 Å². The Morgan fingerprint density at radius 3 is 3.00 bits per heavy atom. The van der Waals surface area contributed by atoms with Crippen LogP contribution >= 0.6 is 0 Å². The van der Waals surface area contributed by atoms with Gasteiger partial charge >= 0.3 is 5.97 Å². The monoisotopic (exact) mass is 172 g/mol. The predicted molar refractivity (Wildman–Crippen MR) is 39.4 cm³/mol. The summed E-state index contributed by atoms with van der Waals surface area (Å²) in [7, 11) is 1.36. The average Bonchev–Trinajstić information content (AvgIpc) is 2.73. The number of aliphatic hydroxyl groups is 1. The summed E-state index contributed by atoms with van der Waals surface area (Å²) in [6.07, 6.45) is 0.882. The minimum absolute atomic E-state index is 0.0394. The van der Waals surface area contributed by atoms with Crippen LogP contribution in [-0.2, 0) is 14.3 Å². The molecule has 0 aromatic rings. The lowest BCUT2D eigenvalue weighted by molar-refractivity contribution is -0.143. The van der Waals surface area contributed by atoms with Crippen molar-refractivity contribution in [1.29, 1.82) is 0 Å². The molecule has 0 radical (unpaired) electrons. The van der Waals surface area contributed by atoms with E-state index in [0.717, 1.165) is 0 Å². The summed E-state index contributed by atoms with van der Waals surface area (Å²) in [5.74, 6) is -0.308. The lowest BCUT2D eigenvalue weighted by Crippen LogP contribution is -2.23. The lowest BCUT2D eigenvalue weighted by Gasteiger charge is -2.14. The maximum Gasteiger partial charge on any atom is 0.305 e. The molecular formula is C8H12O4. The van der Waals surface area contributed by atoms with Crippen molar-refractivity contribution >= 4 is 5.97 Å². The maximum absolute atomic E-state index is 10.9. The van der Waals surface area contributed by atoms with Crippen LogP contribution in [0.15, 0.2) is 0 Å². The lowest BCUT2D eigenvalue weighted by atomic mass is 10.0. The largest absolute Gasteiger partial charge is 0.469 e. The van der Waals surface area contributed by atoms with Crippen LogP contribution in [0.4, 0.5) is 0 Å². The molecule has 2 aliphatic rings. The molecule has 0 amide bonds. The van der Waals surface area contributed by atoms with Gasteiger partial charge in [0.15, 0.2) is 0 Å². The average molecular weight is 172 g/mol. The first-order valence-corrected chi connectivity index (χ1v) is 4.12. The number of esters is 1. The van der Waals surface area contributed by atoms with E-state index in [1.165, 1.54) is 7.11 Å². The Kier molecular flexibility index (Phi) is 1.81. The smallest absolute Gasteiger partial charge is 0.305 e. The molecule has 0 aromatic heterocycles. The van der Waals surface area contributed by atoms with Crippen molar-refractivity contribution in [3.8, 4) is 0 Å². The summed E-state index contributed by atoms with van der Waals surface area (Å²) in [4.78, 5) is 10.9. The third kappa shape index (κ3) is 1.21. The van der Waals surface area contributed by atoms with Crippen molar-refractivity contribution in [1.82, 2.24) is 0 Å². The van der Waals surface area contributed by atoms with Crippen LogP contribution in [0.2, 0.25) is 0 Å². The van der Waals surface area contributed by atoms with Gasteiger partial charge < -0.3 is 14.6 Å². The zero-order valence-electron chi connectivity index (χ0n) is 6.90. The first-order chi connectivity index (χ1) is 5.72. The standard InChI is InChI=1S/C8H12O4/c1-11-7(10)2-4-5(9)3-6-8(4)12-6/h4-6,8-9H,2-3H2,1H3/t4-,5+,6?,8?/m0/s1. The number of ether oxygens (including phenoxy) is 2. The van der Waals surface area contributed by atoms with Crippen molar-refractivity contribution in [3.05, 3.63) is 0 Å². The third-order valence-electron chi connectivity index (χ3n) is 2.64. The molecule has 1 saturated heterocycles. The van der Waals surface area contributed by atoms with Gasteiger partial charge in [-0.3, -0.25) is 4.79 Å².